The van der Waals surface area contributed by atoms with Gasteiger partial charge in [-0.15, -0.1) is 11.3 Å². The van der Waals surface area contributed by atoms with Gasteiger partial charge in [0.2, 0.25) is 0 Å². The molecule has 0 atom stereocenters. The number of rotatable bonds is 4. The molecule has 0 spiro atoms. The van der Waals surface area contributed by atoms with Gasteiger partial charge in [0.25, 0.3) is 0 Å². The highest BCUT2D eigenvalue weighted by Crippen LogP contribution is 2.19. The average Bonchev–Trinajstić information content (AvgIpc) is 2.93. The third kappa shape index (κ3) is 3.54. The number of fused-ring (bicyclic) bond motifs is 1. The fourth-order valence-electron chi connectivity index (χ4n) is 2.94. The van der Waals surface area contributed by atoms with E-state index in [4.69, 9.17) is 0 Å². The van der Waals surface area contributed by atoms with Crippen LogP contribution in [0.15, 0.2) is 18.3 Å². The van der Waals surface area contributed by atoms with Crippen LogP contribution in [0.1, 0.15) is 21.3 Å². The number of aromatic nitrogens is 2. The van der Waals surface area contributed by atoms with Crippen LogP contribution in [0.5, 0.6) is 0 Å². The number of aryl methyl sites for hydroxylation is 1. The highest BCUT2D eigenvalue weighted by molar-refractivity contribution is 7.11. The van der Waals surface area contributed by atoms with Crippen LogP contribution in [0.3, 0.4) is 0 Å². The maximum Gasteiger partial charge on any atom is 0.110 e. The minimum Gasteiger partial charge on any atom is -0.329 e. The summed E-state index contributed by atoms with van der Waals surface area (Å²) in [6.45, 7) is 7.50. The second-order valence-corrected chi connectivity index (χ2v) is 7.47. The van der Waals surface area contributed by atoms with Crippen molar-refractivity contribution in [2.24, 2.45) is 0 Å². The SMILES string of the molecule is Cc1ccc(CN2CCc3ncc(CN(C)C)n3CC2)s1. The molecular weight excluding hydrogens is 280 g/mol. The van der Waals surface area contributed by atoms with Crippen molar-refractivity contribution in [3.8, 4) is 0 Å². The highest BCUT2D eigenvalue weighted by atomic mass is 32.1. The Balaban J connectivity index is 1.66. The van der Waals surface area contributed by atoms with E-state index < -0.39 is 0 Å². The summed E-state index contributed by atoms with van der Waals surface area (Å²) >= 11 is 1.91. The monoisotopic (exact) mass is 304 g/mol. The van der Waals surface area contributed by atoms with Crippen molar-refractivity contribution in [3.05, 3.63) is 39.6 Å². The summed E-state index contributed by atoms with van der Waals surface area (Å²) < 4.78 is 2.42. The fraction of sp³-hybridized carbons (Fsp3) is 0.562. The molecule has 4 nitrogen and oxygen atoms in total. The molecule has 0 saturated carbocycles. The van der Waals surface area contributed by atoms with E-state index in [2.05, 4.69) is 52.5 Å². The second kappa shape index (κ2) is 6.30. The zero-order chi connectivity index (χ0) is 14.8. The van der Waals surface area contributed by atoms with Crippen LogP contribution in [0.2, 0.25) is 0 Å². The standard InChI is InChI=1S/C16H24N4S/c1-13-4-5-15(21-13)12-19-7-6-16-17-10-14(11-18(2)3)20(16)9-8-19/h4-5,10H,6-9,11-12H2,1-3H3. The molecule has 0 aliphatic carbocycles. The van der Waals surface area contributed by atoms with Crippen molar-refractivity contribution in [1.82, 2.24) is 19.4 Å². The molecule has 0 N–H and O–H groups in total. The average molecular weight is 304 g/mol. The first-order chi connectivity index (χ1) is 10.1. The topological polar surface area (TPSA) is 24.3 Å². The fourth-order valence-corrected chi connectivity index (χ4v) is 3.87. The third-order valence-electron chi connectivity index (χ3n) is 3.97. The Kier molecular flexibility index (Phi) is 4.42. The largest absolute Gasteiger partial charge is 0.329 e. The molecule has 3 heterocycles. The Morgan fingerprint density at radius 1 is 1.24 bits per heavy atom. The second-order valence-electron chi connectivity index (χ2n) is 6.09. The van der Waals surface area contributed by atoms with Gasteiger partial charge in [0, 0.05) is 55.1 Å². The Bertz CT molecular complexity index is 599. The van der Waals surface area contributed by atoms with Gasteiger partial charge in [0.15, 0.2) is 0 Å². The van der Waals surface area contributed by atoms with Gasteiger partial charge in [-0.05, 0) is 33.2 Å². The van der Waals surface area contributed by atoms with Gasteiger partial charge in [0.05, 0.1) is 5.69 Å². The number of imidazole rings is 1. The maximum absolute atomic E-state index is 4.63. The first kappa shape index (κ1) is 14.8. The zero-order valence-corrected chi connectivity index (χ0v) is 14.0. The lowest BCUT2D eigenvalue weighted by molar-refractivity contribution is 0.272. The van der Waals surface area contributed by atoms with E-state index in [9.17, 15) is 0 Å². The lowest BCUT2D eigenvalue weighted by atomic mass is 10.3. The molecular formula is C16H24N4S. The van der Waals surface area contributed by atoms with Crippen LogP contribution in [0, 0.1) is 6.92 Å². The van der Waals surface area contributed by atoms with E-state index in [-0.39, 0.29) is 0 Å². The van der Waals surface area contributed by atoms with Crippen molar-refractivity contribution in [3.63, 3.8) is 0 Å². The molecule has 0 unspecified atom stereocenters. The first-order valence-corrected chi connectivity index (χ1v) is 8.39. The van der Waals surface area contributed by atoms with E-state index in [1.54, 1.807) is 0 Å². The molecule has 0 bridgehead atoms. The number of nitrogens with zero attached hydrogens (tertiary/aromatic N) is 4. The first-order valence-electron chi connectivity index (χ1n) is 7.57. The van der Waals surface area contributed by atoms with Crippen molar-refractivity contribution in [1.29, 1.82) is 0 Å². The Labute approximate surface area is 131 Å². The van der Waals surface area contributed by atoms with E-state index in [0.717, 1.165) is 39.1 Å². The van der Waals surface area contributed by atoms with Crippen LogP contribution in [-0.2, 0) is 26.1 Å². The van der Waals surface area contributed by atoms with Crippen LogP contribution in [-0.4, -0.2) is 46.5 Å². The van der Waals surface area contributed by atoms with E-state index in [1.807, 2.05) is 17.5 Å². The van der Waals surface area contributed by atoms with Crippen molar-refractivity contribution in [2.45, 2.75) is 33.0 Å². The highest BCUT2D eigenvalue weighted by Gasteiger charge is 2.18. The lowest BCUT2D eigenvalue weighted by Crippen LogP contribution is -2.26. The predicted octanol–water partition coefficient (Wildman–Crippen LogP) is 2.37. The quantitative estimate of drug-likeness (QED) is 0.867. The molecule has 21 heavy (non-hydrogen) atoms. The molecule has 114 valence electrons. The molecule has 5 heteroatoms. The summed E-state index contributed by atoms with van der Waals surface area (Å²) in [6.07, 6.45) is 3.10. The van der Waals surface area contributed by atoms with Crippen molar-refractivity contribution in [2.75, 3.05) is 27.2 Å². The van der Waals surface area contributed by atoms with Crippen LogP contribution < -0.4 is 0 Å². The van der Waals surface area contributed by atoms with Gasteiger partial charge < -0.3 is 9.47 Å². The van der Waals surface area contributed by atoms with Gasteiger partial charge in [-0.3, -0.25) is 4.90 Å². The van der Waals surface area contributed by atoms with Gasteiger partial charge in [-0.1, -0.05) is 0 Å². The van der Waals surface area contributed by atoms with Gasteiger partial charge in [0.1, 0.15) is 5.82 Å². The number of hydrogen-bond donors (Lipinski definition) is 0. The summed E-state index contributed by atoms with van der Waals surface area (Å²) in [7, 11) is 4.23. The van der Waals surface area contributed by atoms with Crippen LogP contribution >= 0.6 is 11.3 Å². The summed E-state index contributed by atoms with van der Waals surface area (Å²) in [5, 5.41) is 0. The maximum atomic E-state index is 4.63. The third-order valence-corrected chi connectivity index (χ3v) is 4.95. The van der Waals surface area contributed by atoms with Crippen molar-refractivity contribution < 1.29 is 0 Å². The summed E-state index contributed by atoms with van der Waals surface area (Å²) in [5.74, 6) is 1.25. The molecule has 2 aromatic rings. The van der Waals surface area contributed by atoms with Crippen LogP contribution in [0.25, 0.3) is 0 Å². The lowest BCUT2D eigenvalue weighted by Gasteiger charge is -2.19. The summed E-state index contributed by atoms with van der Waals surface area (Å²) in [4.78, 5) is 12.3. The Hall–Kier alpha value is -1.17. The normalized spacial score (nSPS) is 16.2. The zero-order valence-electron chi connectivity index (χ0n) is 13.2. The van der Waals surface area contributed by atoms with Crippen molar-refractivity contribution >= 4 is 11.3 Å². The smallest absolute Gasteiger partial charge is 0.110 e. The predicted molar refractivity (Wildman–Crippen MR) is 87.7 cm³/mol. The molecule has 2 aromatic heterocycles. The van der Waals surface area contributed by atoms with Gasteiger partial charge >= 0.3 is 0 Å². The number of thiophene rings is 1. The minimum absolute atomic E-state index is 0.969. The van der Waals surface area contributed by atoms with E-state index >= 15 is 0 Å². The molecule has 1 aliphatic heterocycles. The van der Waals surface area contributed by atoms with Crippen LogP contribution in [0.4, 0.5) is 0 Å². The number of hydrogen-bond acceptors (Lipinski definition) is 4. The van der Waals surface area contributed by atoms with E-state index in [0.29, 0.717) is 0 Å². The molecule has 0 fully saturated rings. The summed E-state index contributed by atoms with van der Waals surface area (Å²) in [5.41, 5.74) is 1.34. The van der Waals surface area contributed by atoms with Gasteiger partial charge in [-0.25, -0.2) is 4.98 Å². The minimum atomic E-state index is 0.969. The molecule has 3 rings (SSSR count). The molecule has 0 radical (unpaired) electrons. The Morgan fingerprint density at radius 2 is 2.10 bits per heavy atom. The van der Waals surface area contributed by atoms with Gasteiger partial charge in [-0.2, -0.15) is 0 Å². The summed E-state index contributed by atoms with van der Waals surface area (Å²) in [6, 6.07) is 4.49. The molecule has 1 aliphatic rings. The Morgan fingerprint density at radius 3 is 2.81 bits per heavy atom. The molecule has 0 aromatic carbocycles. The molecule has 0 amide bonds. The molecule has 0 saturated heterocycles. The van der Waals surface area contributed by atoms with E-state index in [1.165, 1.54) is 21.3 Å².